The molecule has 94 valence electrons. The molecule has 2 rings (SSSR count). The molecule has 1 heterocycles. The minimum atomic E-state index is 0.693. The standard InChI is InChI=1S/C14H16BrN3/c15-13-2-1-9-17-14(13)18-10-12-5-3-11(4-6-12)7-8-16/h1-6,9H,7-8,10,16H2,(H,17,18). The summed E-state index contributed by atoms with van der Waals surface area (Å²) in [4.78, 5) is 4.27. The average Bonchev–Trinajstić information content (AvgIpc) is 2.40. The second-order valence-electron chi connectivity index (χ2n) is 4.04. The van der Waals surface area contributed by atoms with Gasteiger partial charge in [0.05, 0.1) is 4.47 Å². The van der Waals surface area contributed by atoms with Gasteiger partial charge in [-0.05, 0) is 52.2 Å². The van der Waals surface area contributed by atoms with Crippen LogP contribution in [0.5, 0.6) is 0 Å². The predicted molar refractivity (Wildman–Crippen MR) is 78.5 cm³/mol. The summed E-state index contributed by atoms with van der Waals surface area (Å²) in [7, 11) is 0. The molecule has 0 radical (unpaired) electrons. The molecule has 0 fully saturated rings. The molecule has 0 bridgehead atoms. The van der Waals surface area contributed by atoms with E-state index in [-0.39, 0.29) is 0 Å². The molecule has 2 aromatic rings. The van der Waals surface area contributed by atoms with Gasteiger partial charge < -0.3 is 11.1 Å². The number of halogens is 1. The number of hydrogen-bond donors (Lipinski definition) is 2. The molecule has 0 aliphatic rings. The van der Waals surface area contributed by atoms with Crippen LogP contribution < -0.4 is 11.1 Å². The van der Waals surface area contributed by atoms with Crippen molar-refractivity contribution in [3.05, 3.63) is 58.2 Å². The van der Waals surface area contributed by atoms with Gasteiger partial charge in [-0.25, -0.2) is 4.98 Å². The summed E-state index contributed by atoms with van der Waals surface area (Å²) in [6.07, 6.45) is 2.71. The molecule has 3 N–H and O–H groups in total. The quantitative estimate of drug-likeness (QED) is 0.893. The number of benzene rings is 1. The third kappa shape index (κ3) is 3.55. The first-order valence-electron chi connectivity index (χ1n) is 5.92. The summed E-state index contributed by atoms with van der Waals surface area (Å²) in [5.74, 6) is 0.864. The SMILES string of the molecule is NCCc1ccc(CNc2ncccc2Br)cc1. The molecule has 0 spiro atoms. The molecule has 0 amide bonds. The number of nitrogens with one attached hydrogen (secondary N) is 1. The monoisotopic (exact) mass is 305 g/mol. The summed E-state index contributed by atoms with van der Waals surface area (Å²) in [5, 5.41) is 3.30. The van der Waals surface area contributed by atoms with Crippen LogP contribution in [0.2, 0.25) is 0 Å². The number of nitrogens with two attached hydrogens (primary N) is 1. The minimum absolute atomic E-state index is 0.693. The van der Waals surface area contributed by atoms with Crippen LogP contribution in [0.25, 0.3) is 0 Å². The fourth-order valence-corrected chi connectivity index (χ4v) is 2.09. The van der Waals surface area contributed by atoms with E-state index in [0.29, 0.717) is 6.54 Å². The van der Waals surface area contributed by atoms with Gasteiger partial charge in [-0.2, -0.15) is 0 Å². The average molecular weight is 306 g/mol. The highest BCUT2D eigenvalue weighted by atomic mass is 79.9. The van der Waals surface area contributed by atoms with Gasteiger partial charge in [-0.3, -0.25) is 0 Å². The Morgan fingerprint density at radius 2 is 1.83 bits per heavy atom. The molecule has 1 aromatic heterocycles. The van der Waals surface area contributed by atoms with E-state index in [1.54, 1.807) is 6.20 Å². The van der Waals surface area contributed by atoms with Crippen LogP contribution >= 0.6 is 15.9 Å². The van der Waals surface area contributed by atoms with Crippen molar-refractivity contribution < 1.29 is 0 Å². The van der Waals surface area contributed by atoms with Crippen LogP contribution in [-0.4, -0.2) is 11.5 Å². The molecule has 0 atom stereocenters. The van der Waals surface area contributed by atoms with E-state index < -0.39 is 0 Å². The van der Waals surface area contributed by atoms with Gasteiger partial charge in [0, 0.05) is 12.7 Å². The fourth-order valence-electron chi connectivity index (χ4n) is 1.69. The fraction of sp³-hybridized carbons (Fsp3) is 0.214. The lowest BCUT2D eigenvalue weighted by Crippen LogP contribution is -2.04. The Labute approximate surface area is 116 Å². The Balaban J connectivity index is 1.96. The maximum Gasteiger partial charge on any atom is 0.140 e. The van der Waals surface area contributed by atoms with Crippen molar-refractivity contribution >= 4 is 21.7 Å². The van der Waals surface area contributed by atoms with E-state index in [4.69, 9.17) is 5.73 Å². The molecule has 3 nitrogen and oxygen atoms in total. The van der Waals surface area contributed by atoms with Gasteiger partial charge in [0.2, 0.25) is 0 Å². The first-order chi connectivity index (χ1) is 8.79. The minimum Gasteiger partial charge on any atom is -0.365 e. The molecule has 1 aromatic carbocycles. The Bertz CT molecular complexity index is 497. The third-order valence-corrected chi connectivity index (χ3v) is 3.31. The molecule has 0 aliphatic heterocycles. The number of nitrogens with zero attached hydrogens (tertiary/aromatic N) is 1. The predicted octanol–water partition coefficient (Wildman–Crippen LogP) is 2.96. The highest BCUT2D eigenvalue weighted by molar-refractivity contribution is 9.10. The van der Waals surface area contributed by atoms with Crippen LogP contribution in [0.15, 0.2) is 47.1 Å². The van der Waals surface area contributed by atoms with E-state index in [9.17, 15) is 0 Å². The van der Waals surface area contributed by atoms with Crippen molar-refractivity contribution in [3.8, 4) is 0 Å². The van der Waals surface area contributed by atoms with Crippen LogP contribution in [0.3, 0.4) is 0 Å². The highest BCUT2D eigenvalue weighted by Gasteiger charge is 1.99. The number of anilines is 1. The van der Waals surface area contributed by atoms with Crippen LogP contribution in [0, 0.1) is 0 Å². The van der Waals surface area contributed by atoms with E-state index >= 15 is 0 Å². The smallest absolute Gasteiger partial charge is 0.140 e. The molecule has 0 unspecified atom stereocenters. The summed E-state index contributed by atoms with van der Waals surface area (Å²) < 4.78 is 0.977. The van der Waals surface area contributed by atoms with Crippen LogP contribution in [-0.2, 0) is 13.0 Å². The van der Waals surface area contributed by atoms with Crippen LogP contribution in [0.4, 0.5) is 5.82 Å². The Hall–Kier alpha value is -1.39. The molecule has 0 saturated carbocycles. The lowest BCUT2D eigenvalue weighted by atomic mass is 10.1. The zero-order valence-corrected chi connectivity index (χ0v) is 11.7. The lowest BCUT2D eigenvalue weighted by Gasteiger charge is -2.08. The highest BCUT2D eigenvalue weighted by Crippen LogP contribution is 2.19. The summed E-state index contributed by atoms with van der Waals surface area (Å²) >= 11 is 3.46. The van der Waals surface area contributed by atoms with Gasteiger partial charge in [0.1, 0.15) is 5.82 Å². The zero-order valence-electron chi connectivity index (χ0n) is 10.1. The normalized spacial score (nSPS) is 10.3. The first-order valence-corrected chi connectivity index (χ1v) is 6.71. The van der Waals surface area contributed by atoms with Crippen molar-refractivity contribution in [2.24, 2.45) is 5.73 Å². The second kappa shape index (κ2) is 6.52. The Morgan fingerprint density at radius 1 is 1.11 bits per heavy atom. The molecule has 0 aliphatic carbocycles. The molecule has 4 heteroatoms. The molecule has 0 saturated heterocycles. The molecular weight excluding hydrogens is 290 g/mol. The van der Waals surface area contributed by atoms with Crippen molar-refractivity contribution in [3.63, 3.8) is 0 Å². The molecule has 18 heavy (non-hydrogen) atoms. The Morgan fingerprint density at radius 3 is 2.50 bits per heavy atom. The van der Waals surface area contributed by atoms with E-state index in [1.165, 1.54) is 11.1 Å². The van der Waals surface area contributed by atoms with Gasteiger partial charge >= 0.3 is 0 Å². The van der Waals surface area contributed by atoms with Crippen LogP contribution in [0.1, 0.15) is 11.1 Å². The van der Waals surface area contributed by atoms with E-state index in [1.807, 2.05) is 12.1 Å². The van der Waals surface area contributed by atoms with Gasteiger partial charge in [-0.1, -0.05) is 24.3 Å². The van der Waals surface area contributed by atoms with E-state index in [2.05, 4.69) is 50.5 Å². The van der Waals surface area contributed by atoms with Gasteiger partial charge in [0.25, 0.3) is 0 Å². The summed E-state index contributed by atoms with van der Waals surface area (Å²) in [6, 6.07) is 12.4. The van der Waals surface area contributed by atoms with Crippen molar-refractivity contribution in [2.75, 3.05) is 11.9 Å². The lowest BCUT2D eigenvalue weighted by molar-refractivity contribution is 0.965. The number of rotatable bonds is 5. The Kier molecular flexibility index (Phi) is 4.73. The number of aromatic nitrogens is 1. The largest absolute Gasteiger partial charge is 0.365 e. The molecular formula is C14H16BrN3. The number of hydrogen-bond acceptors (Lipinski definition) is 3. The van der Waals surface area contributed by atoms with E-state index in [0.717, 1.165) is 23.3 Å². The van der Waals surface area contributed by atoms with Gasteiger partial charge in [-0.15, -0.1) is 0 Å². The second-order valence-corrected chi connectivity index (χ2v) is 4.90. The van der Waals surface area contributed by atoms with Crippen molar-refractivity contribution in [1.29, 1.82) is 0 Å². The number of pyridine rings is 1. The van der Waals surface area contributed by atoms with Crippen molar-refractivity contribution in [2.45, 2.75) is 13.0 Å². The zero-order chi connectivity index (χ0) is 12.8. The third-order valence-electron chi connectivity index (χ3n) is 2.67. The summed E-state index contributed by atoms with van der Waals surface area (Å²) in [6.45, 7) is 1.46. The maximum absolute atomic E-state index is 5.52. The first kappa shape index (κ1) is 13.1. The maximum atomic E-state index is 5.52. The summed E-state index contributed by atoms with van der Waals surface area (Å²) in [5.41, 5.74) is 8.03. The van der Waals surface area contributed by atoms with Gasteiger partial charge in [0.15, 0.2) is 0 Å². The topological polar surface area (TPSA) is 50.9 Å². The van der Waals surface area contributed by atoms with Crippen molar-refractivity contribution in [1.82, 2.24) is 4.98 Å².